The highest BCUT2D eigenvalue weighted by Gasteiger charge is 2.24. The first-order valence-corrected chi connectivity index (χ1v) is 6.71. The maximum atomic E-state index is 12.1. The number of aromatic nitrogens is 3. The summed E-state index contributed by atoms with van der Waals surface area (Å²) in [6.07, 6.45) is 1.91. The molecule has 1 aromatic heterocycles. The third kappa shape index (κ3) is 2.49. The zero-order chi connectivity index (χ0) is 13.9. The summed E-state index contributed by atoms with van der Waals surface area (Å²) >= 11 is 0. The molecule has 0 bridgehead atoms. The van der Waals surface area contributed by atoms with Crippen molar-refractivity contribution in [3.05, 3.63) is 42.0 Å². The van der Waals surface area contributed by atoms with Crippen LogP contribution in [0.15, 0.2) is 30.6 Å². The Morgan fingerprint density at radius 3 is 3.15 bits per heavy atom. The number of nitrogens with zero attached hydrogens (tertiary/aromatic N) is 2. The molecule has 6 nitrogen and oxygen atoms in total. The first-order valence-electron chi connectivity index (χ1n) is 6.71. The molecule has 2 unspecified atom stereocenters. The summed E-state index contributed by atoms with van der Waals surface area (Å²) in [5.74, 6) is 0.925. The topological polar surface area (TPSA) is 82.7 Å². The number of carbonyl (C=O) groups is 1. The predicted octanol–water partition coefficient (Wildman–Crippen LogP) is 1.58. The Morgan fingerprint density at radius 2 is 2.35 bits per heavy atom. The van der Waals surface area contributed by atoms with Crippen LogP contribution in [0.4, 0.5) is 5.69 Å². The minimum absolute atomic E-state index is 0.0254. The van der Waals surface area contributed by atoms with Gasteiger partial charge in [-0.05, 0) is 18.6 Å². The molecule has 20 heavy (non-hydrogen) atoms. The van der Waals surface area contributed by atoms with Gasteiger partial charge in [0.15, 0.2) is 0 Å². The van der Waals surface area contributed by atoms with E-state index in [0.29, 0.717) is 12.2 Å². The van der Waals surface area contributed by atoms with E-state index in [1.807, 2.05) is 25.1 Å². The second-order valence-electron chi connectivity index (χ2n) is 5.03. The molecule has 2 aromatic rings. The number of aromatic amines is 1. The normalized spacial score (nSPS) is 18.1. The second-order valence-corrected chi connectivity index (χ2v) is 5.03. The van der Waals surface area contributed by atoms with E-state index >= 15 is 0 Å². The number of fused-ring (bicyclic) bond motifs is 1. The van der Waals surface area contributed by atoms with Crippen LogP contribution in [0, 0.1) is 0 Å². The second kappa shape index (κ2) is 5.32. The van der Waals surface area contributed by atoms with Crippen LogP contribution in [-0.2, 0) is 4.79 Å². The van der Waals surface area contributed by atoms with Crippen LogP contribution in [-0.4, -0.2) is 27.6 Å². The molecule has 104 valence electrons. The first-order chi connectivity index (χ1) is 9.74. The highest BCUT2D eigenvalue weighted by molar-refractivity contribution is 5.78. The van der Waals surface area contributed by atoms with Gasteiger partial charge in [-0.15, -0.1) is 0 Å². The fraction of sp³-hybridized carbons (Fsp3) is 0.357. The van der Waals surface area contributed by atoms with Gasteiger partial charge in [0.2, 0.25) is 5.91 Å². The van der Waals surface area contributed by atoms with Crippen molar-refractivity contribution in [2.75, 3.05) is 11.9 Å². The highest BCUT2D eigenvalue weighted by atomic mass is 16.1. The number of hydrogen-bond acceptors (Lipinski definition) is 4. The molecule has 1 aliphatic rings. The van der Waals surface area contributed by atoms with Crippen molar-refractivity contribution in [3.8, 4) is 0 Å². The molecule has 0 fully saturated rings. The number of carbonyl (C=O) groups excluding carboxylic acids is 1. The Kier molecular flexibility index (Phi) is 3.37. The van der Waals surface area contributed by atoms with Gasteiger partial charge in [0.1, 0.15) is 12.2 Å². The average Bonchev–Trinajstić information content (AvgIpc) is 3.09. The molecule has 1 aliphatic heterocycles. The van der Waals surface area contributed by atoms with Gasteiger partial charge in [-0.1, -0.05) is 18.2 Å². The van der Waals surface area contributed by atoms with Crippen LogP contribution in [0.25, 0.3) is 0 Å². The molecule has 3 N–H and O–H groups in total. The third-order valence-corrected chi connectivity index (χ3v) is 3.59. The van der Waals surface area contributed by atoms with E-state index in [1.54, 1.807) is 0 Å². The van der Waals surface area contributed by atoms with E-state index in [0.717, 1.165) is 12.2 Å². The average molecular weight is 271 g/mol. The molecule has 2 atom stereocenters. The van der Waals surface area contributed by atoms with Crippen molar-refractivity contribution in [1.29, 1.82) is 0 Å². The monoisotopic (exact) mass is 271 g/mol. The zero-order valence-electron chi connectivity index (χ0n) is 11.3. The van der Waals surface area contributed by atoms with Gasteiger partial charge >= 0.3 is 0 Å². The van der Waals surface area contributed by atoms with E-state index in [9.17, 15) is 4.79 Å². The molecule has 0 saturated carbocycles. The molecule has 6 heteroatoms. The van der Waals surface area contributed by atoms with Crippen molar-refractivity contribution < 1.29 is 4.79 Å². The highest BCUT2D eigenvalue weighted by Crippen LogP contribution is 2.33. The number of hydrogen-bond donors (Lipinski definition) is 3. The lowest BCUT2D eigenvalue weighted by atomic mass is 9.97. The van der Waals surface area contributed by atoms with E-state index in [2.05, 4.69) is 31.9 Å². The SMILES string of the molecule is CC(NC(=O)CC1CNc2ccccc21)c1ncn[nH]1. The smallest absolute Gasteiger partial charge is 0.221 e. The standard InChI is InChI=1S/C14H17N5O/c1-9(14-16-8-17-19-14)18-13(20)6-10-7-15-12-5-3-2-4-11(10)12/h2-5,8-10,15H,6-7H2,1H3,(H,18,20)(H,16,17,19). The Balaban J connectivity index is 1.60. The van der Waals surface area contributed by atoms with Gasteiger partial charge in [-0.3, -0.25) is 9.89 Å². The minimum Gasteiger partial charge on any atom is -0.384 e. The molecule has 1 amide bonds. The third-order valence-electron chi connectivity index (χ3n) is 3.59. The van der Waals surface area contributed by atoms with Crippen LogP contribution < -0.4 is 10.6 Å². The molecule has 3 rings (SSSR count). The van der Waals surface area contributed by atoms with Crippen LogP contribution in [0.3, 0.4) is 0 Å². The fourth-order valence-corrected chi connectivity index (χ4v) is 2.56. The lowest BCUT2D eigenvalue weighted by Crippen LogP contribution is -2.29. The van der Waals surface area contributed by atoms with Crippen molar-refractivity contribution in [2.24, 2.45) is 0 Å². The summed E-state index contributed by atoms with van der Waals surface area (Å²) < 4.78 is 0. The first kappa shape index (κ1) is 12.7. The molecule has 2 heterocycles. The summed E-state index contributed by atoms with van der Waals surface area (Å²) in [7, 11) is 0. The molecule has 0 aliphatic carbocycles. The van der Waals surface area contributed by atoms with Gasteiger partial charge in [0.25, 0.3) is 0 Å². The van der Waals surface area contributed by atoms with Crippen molar-refractivity contribution >= 4 is 11.6 Å². The summed E-state index contributed by atoms with van der Waals surface area (Å²) in [5.41, 5.74) is 2.35. The molecular weight excluding hydrogens is 254 g/mol. The van der Waals surface area contributed by atoms with Crippen molar-refractivity contribution in [2.45, 2.75) is 25.3 Å². The lowest BCUT2D eigenvalue weighted by Gasteiger charge is -2.14. The molecule has 0 spiro atoms. The van der Waals surface area contributed by atoms with Gasteiger partial charge in [0, 0.05) is 24.6 Å². The van der Waals surface area contributed by atoms with Crippen LogP contribution in [0.1, 0.15) is 36.7 Å². The maximum Gasteiger partial charge on any atom is 0.221 e. The number of benzene rings is 1. The number of nitrogens with one attached hydrogen (secondary N) is 3. The Morgan fingerprint density at radius 1 is 1.50 bits per heavy atom. The molecular formula is C14H17N5O. The maximum absolute atomic E-state index is 12.1. The molecule has 0 radical (unpaired) electrons. The quantitative estimate of drug-likeness (QED) is 0.788. The van der Waals surface area contributed by atoms with E-state index in [-0.39, 0.29) is 17.9 Å². The minimum atomic E-state index is -0.158. The number of H-pyrrole nitrogens is 1. The van der Waals surface area contributed by atoms with E-state index in [4.69, 9.17) is 0 Å². The predicted molar refractivity (Wildman–Crippen MR) is 75.2 cm³/mol. The zero-order valence-corrected chi connectivity index (χ0v) is 11.3. The van der Waals surface area contributed by atoms with Gasteiger partial charge in [-0.25, -0.2) is 4.98 Å². The van der Waals surface area contributed by atoms with E-state index in [1.165, 1.54) is 11.9 Å². The van der Waals surface area contributed by atoms with Crippen LogP contribution >= 0.6 is 0 Å². The van der Waals surface area contributed by atoms with Crippen LogP contribution in [0.2, 0.25) is 0 Å². The summed E-state index contributed by atoms with van der Waals surface area (Å²) in [5, 5.41) is 12.8. The van der Waals surface area contributed by atoms with Gasteiger partial charge in [0.05, 0.1) is 6.04 Å². The largest absolute Gasteiger partial charge is 0.384 e. The van der Waals surface area contributed by atoms with Crippen molar-refractivity contribution in [1.82, 2.24) is 20.5 Å². The summed E-state index contributed by atoms with van der Waals surface area (Å²) in [6.45, 7) is 2.70. The summed E-state index contributed by atoms with van der Waals surface area (Å²) in [6, 6.07) is 7.97. The lowest BCUT2D eigenvalue weighted by molar-refractivity contribution is -0.122. The van der Waals surface area contributed by atoms with E-state index < -0.39 is 0 Å². The van der Waals surface area contributed by atoms with Crippen LogP contribution in [0.5, 0.6) is 0 Å². The summed E-state index contributed by atoms with van der Waals surface area (Å²) in [4.78, 5) is 16.2. The number of amides is 1. The number of para-hydroxylation sites is 1. The van der Waals surface area contributed by atoms with Crippen molar-refractivity contribution in [3.63, 3.8) is 0 Å². The Labute approximate surface area is 117 Å². The number of anilines is 1. The molecule has 1 aromatic carbocycles. The van der Waals surface area contributed by atoms with Gasteiger partial charge in [-0.2, -0.15) is 5.10 Å². The molecule has 0 saturated heterocycles. The Hall–Kier alpha value is -2.37. The number of rotatable bonds is 4. The fourth-order valence-electron chi connectivity index (χ4n) is 2.56. The van der Waals surface area contributed by atoms with Gasteiger partial charge < -0.3 is 10.6 Å². The Bertz CT molecular complexity index is 595.